The van der Waals surface area contributed by atoms with Crippen LogP contribution in [0.25, 0.3) is 0 Å². The molecule has 6 nitrogen and oxygen atoms in total. The molecule has 0 aliphatic heterocycles. The second-order valence-electron chi connectivity index (χ2n) is 7.64. The van der Waals surface area contributed by atoms with E-state index in [0.717, 1.165) is 19.3 Å². The molecule has 0 aromatic heterocycles. The lowest BCUT2D eigenvalue weighted by Gasteiger charge is -2.11. The van der Waals surface area contributed by atoms with Crippen molar-refractivity contribution in [3.63, 3.8) is 0 Å². The van der Waals surface area contributed by atoms with Crippen LogP contribution in [0.4, 0.5) is 0 Å². The number of allylic oxidation sites excluding steroid dienone is 2. The SMILES string of the molecule is CCCCCC=C(NOC(=O)c1ccccc1)C(=O)c1ccc(S(=O)(=O)c2ccccc2)cc1. The van der Waals surface area contributed by atoms with Gasteiger partial charge < -0.3 is 4.84 Å². The Morgan fingerprint density at radius 3 is 2.00 bits per heavy atom. The van der Waals surface area contributed by atoms with Gasteiger partial charge in [-0.05, 0) is 61.4 Å². The van der Waals surface area contributed by atoms with E-state index in [2.05, 4.69) is 12.4 Å². The number of unbranched alkanes of at least 4 members (excludes halogenated alkanes) is 3. The zero-order valence-corrected chi connectivity index (χ0v) is 19.8. The number of ketones is 1. The molecule has 3 aromatic rings. The van der Waals surface area contributed by atoms with E-state index in [0.29, 0.717) is 12.0 Å². The largest absolute Gasteiger partial charge is 0.362 e. The molecule has 0 unspecified atom stereocenters. The normalized spacial score (nSPS) is 11.6. The van der Waals surface area contributed by atoms with Crippen LogP contribution in [0.2, 0.25) is 0 Å². The van der Waals surface area contributed by atoms with E-state index < -0.39 is 21.6 Å². The Bertz CT molecular complexity index is 1240. The van der Waals surface area contributed by atoms with Crippen LogP contribution in [-0.2, 0) is 14.7 Å². The molecule has 3 rings (SSSR count). The van der Waals surface area contributed by atoms with Crippen LogP contribution < -0.4 is 5.48 Å². The number of sulfone groups is 1. The van der Waals surface area contributed by atoms with E-state index in [1.807, 2.05) is 0 Å². The minimum atomic E-state index is -3.69. The van der Waals surface area contributed by atoms with Crippen molar-refractivity contribution in [2.75, 3.05) is 0 Å². The monoisotopic (exact) mass is 477 g/mol. The first-order valence-corrected chi connectivity index (χ1v) is 12.6. The molecule has 1 N–H and O–H groups in total. The highest BCUT2D eigenvalue weighted by Gasteiger charge is 2.19. The number of hydroxylamine groups is 1. The summed E-state index contributed by atoms with van der Waals surface area (Å²) < 4.78 is 25.6. The molecule has 0 aliphatic carbocycles. The summed E-state index contributed by atoms with van der Waals surface area (Å²) in [6.07, 6.45) is 5.25. The fourth-order valence-corrected chi connectivity index (χ4v) is 4.51. The number of hydrogen-bond acceptors (Lipinski definition) is 6. The lowest BCUT2D eigenvalue weighted by atomic mass is 10.1. The predicted molar refractivity (Wildman–Crippen MR) is 130 cm³/mol. The molecule has 0 saturated heterocycles. The van der Waals surface area contributed by atoms with Gasteiger partial charge in [-0.2, -0.15) is 0 Å². The predicted octanol–water partition coefficient (Wildman–Crippen LogP) is 5.53. The first kappa shape index (κ1) is 24.9. The quantitative estimate of drug-likeness (QED) is 0.169. The molecule has 0 radical (unpaired) electrons. The standard InChI is InChI=1S/C27H27NO5S/c1-2-3-4-11-16-25(28-33-27(30)22-12-7-5-8-13-22)26(29)21-17-19-24(20-18-21)34(31,32)23-14-9-6-10-15-23/h5-10,12-20,28H,2-4,11H2,1H3. The van der Waals surface area contributed by atoms with Crippen LogP contribution in [0.5, 0.6) is 0 Å². The minimum Gasteiger partial charge on any atom is -0.338 e. The Balaban J connectivity index is 1.77. The van der Waals surface area contributed by atoms with Gasteiger partial charge in [0, 0.05) is 5.56 Å². The molecule has 0 spiro atoms. The van der Waals surface area contributed by atoms with Crippen molar-refractivity contribution in [2.24, 2.45) is 0 Å². The summed E-state index contributed by atoms with van der Waals surface area (Å²) in [6.45, 7) is 2.08. The molecular formula is C27H27NO5S. The number of Topliss-reactive ketones (excluding diaryl/α,β-unsaturated/α-hetero) is 1. The van der Waals surface area contributed by atoms with E-state index in [9.17, 15) is 18.0 Å². The molecule has 0 saturated carbocycles. The highest BCUT2D eigenvalue weighted by Crippen LogP contribution is 2.21. The van der Waals surface area contributed by atoms with E-state index >= 15 is 0 Å². The van der Waals surface area contributed by atoms with E-state index in [1.54, 1.807) is 54.6 Å². The van der Waals surface area contributed by atoms with Crippen LogP contribution in [-0.4, -0.2) is 20.2 Å². The maximum atomic E-state index is 13.1. The zero-order chi connectivity index (χ0) is 24.4. The maximum Gasteiger partial charge on any atom is 0.362 e. The summed E-state index contributed by atoms with van der Waals surface area (Å²) in [5.74, 6) is -1.02. The van der Waals surface area contributed by atoms with Crippen LogP contribution in [0, 0.1) is 0 Å². The molecule has 34 heavy (non-hydrogen) atoms. The summed E-state index contributed by atoms with van der Waals surface area (Å²) in [5.41, 5.74) is 3.26. The molecule has 176 valence electrons. The Morgan fingerprint density at radius 1 is 0.794 bits per heavy atom. The van der Waals surface area contributed by atoms with E-state index in [-0.39, 0.29) is 21.1 Å². The second-order valence-corrected chi connectivity index (χ2v) is 9.59. The first-order valence-electron chi connectivity index (χ1n) is 11.1. The molecule has 0 amide bonds. The van der Waals surface area contributed by atoms with E-state index in [1.165, 1.54) is 36.4 Å². The van der Waals surface area contributed by atoms with Gasteiger partial charge in [0.25, 0.3) is 0 Å². The average Bonchev–Trinajstić information content (AvgIpc) is 2.89. The zero-order valence-electron chi connectivity index (χ0n) is 18.9. The molecule has 0 heterocycles. The van der Waals surface area contributed by atoms with Gasteiger partial charge in [-0.25, -0.2) is 18.7 Å². The van der Waals surface area contributed by atoms with Crippen LogP contribution in [0.3, 0.4) is 0 Å². The molecule has 3 aromatic carbocycles. The van der Waals surface area contributed by atoms with Crippen LogP contribution in [0.1, 0.15) is 53.3 Å². The summed E-state index contributed by atoms with van der Waals surface area (Å²) in [4.78, 5) is 30.8. The minimum absolute atomic E-state index is 0.0900. The third-order valence-electron chi connectivity index (χ3n) is 5.14. The first-order chi connectivity index (χ1) is 16.4. The van der Waals surface area contributed by atoms with Crippen molar-refractivity contribution in [1.29, 1.82) is 0 Å². The van der Waals surface area contributed by atoms with Crippen LogP contribution in [0.15, 0.2) is 106 Å². The number of carbonyl (C=O) groups is 2. The van der Waals surface area contributed by atoms with Crippen molar-refractivity contribution in [1.82, 2.24) is 5.48 Å². The molecule has 0 aliphatic rings. The van der Waals surface area contributed by atoms with Crippen LogP contribution >= 0.6 is 0 Å². The van der Waals surface area contributed by atoms with Crippen molar-refractivity contribution in [3.8, 4) is 0 Å². The van der Waals surface area contributed by atoms with Crippen molar-refractivity contribution in [3.05, 3.63) is 108 Å². The number of nitrogens with one attached hydrogen (secondary N) is 1. The lowest BCUT2D eigenvalue weighted by Crippen LogP contribution is -2.24. The lowest BCUT2D eigenvalue weighted by molar-refractivity contribution is 0.0319. The Hall–Kier alpha value is -3.71. The molecular weight excluding hydrogens is 450 g/mol. The summed E-state index contributed by atoms with van der Waals surface area (Å²) in [6, 6.07) is 22.3. The fraction of sp³-hybridized carbons (Fsp3) is 0.185. The Labute approximate surface area is 200 Å². The number of hydrogen-bond donors (Lipinski definition) is 1. The fourth-order valence-electron chi connectivity index (χ4n) is 3.23. The Morgan fingerprint density at radius 2 is 1.38 bits per heavy atom. The summed E-state index contributed by atoms with van der Waals surface area (Å²) in [5, 5.41) is 0. The van der Waals surface area contributed by atoms with Gasteiger partial charge in [-0.3, -0.25) is 4.79 Å². The third-order valence-corrected chi connectivity index (χ3v) is 6.93. The topological polar surface area (TPSA) is 89.5 Å². The molecule has 0 atom stereocenters. The maximum absolute atomic E-state index is 13.1. The van der Waals surface area contributed by atoms with Crippen molar-refractivity contribution in [2.45, 2.75) is 42.4 Å². The highest BCUT2D eigenvalue weighted by molar-refractivity contribution is 7.91. The number of carbonyl (C=O) groups excluding carboxylic acids is 2. The molecule has 0 fully saturated rings. The second kappa shape index (κ2) is 12.0. The van der Waals surface area contributed by atoms with Gasteiger partial charge in [-0.1, -0.05) is 62.2 Å². The van der Waals surface area contributed by atoms with Gasteiger partial charge in [0.05, 0.1) is 15.4 Å². The summed E-state index contributed by atoms with van der Waals surface area (Å²) >= 11 is 0. The summed E-state index contributed by atoms with van der Waals surface area (Å²) in [7, 11) is -3.69. The van der Waals surface area contributed by atoms with Gasteiger partial charge >= 0.3 is 5.97 Å². The van der Waals surface area contributed by atoms with Gasteiger partial charge in [0.1, 0.15) is 5.70 Å². The number of rotatable bonds is 11. The van der Waals surface area contributed by atoms with E-state index in [4.69, 9.17) is 4.84 Å². The smallest absolute Gasteiger partial charge is 0.338 e. The van der Waals surface area contributed by atoms with Gasteiger partial charge in [0.15, 0.2) is 0 Å². The van der Waals surface area contributed by atoms with Gasteiger partial charge in [-0.15, -0.1) is 0 Å². The molecule has 7 heteroatoms. The van der Waals surface area contributed by atoms with Crippen molar-refractivity contribution >= 4 is 21.6 Å². The third kappa shape index (κ3) is 6.42. The number of benzene rings is 3. The highest BCUT2D eigenvalue weighted by atomic mass is 32.2. The molecule has 0 bridgehead atoms. The van der Waals surface area contributed by atoms with Crippen molar-refractivity contribution < 1.29 is 22.8 Å². The van der Waals surface area contributed by atoms with Gasteiger partial charge in [0.2, 0.25) is 15.6 Å². The average molecular weight is 478 g/mol. The Kier molecular flexibility index (Phi) is 8.76.